The zero-order valence-electron chi connectivity index (χ0n) is 11.9. The van der Waals surface area contributed by atoms with Crippen LogP contribution in [-0.2, 0) is 10.3 Å². The summed E-state index contributed by atoms with van der Waals surface area (Å²) in [4.78, 5) is 4.60. The summed E-state index contributed by atoms with van der Waals surface area (Å²) in [6.45, 7) is 5.86. The minimum atomic E-state index is -0.505. The van der Waals surface area contributed by atoms with Crippen LogP contribution in [0.3, 0.4) is 0 Å². The third-order valence-corrected chi connectivity index (χ3v) is 7.48. The van der Waals surface area contributed by atoms with Gasteiger partial charge < -0.3 is 15.0 Å². The van der Waals surface area contributed by atoms with Gasteiger partial charge in [-0.15, -0.1) is 11.8 Å². The molecule has 0 aromatic carbocycles. The Morgan fingerprint density at radius 3 is 2.70 bits per heavy atom. The Balaban J connectivity index is 1.73. The highest BCUT2D eigenvalue weighted by atomic mass is 32.2. The first-order valence-electron chi connectivity index (χ1n) is 7.06. The van der Waals surface area contributed by atoms with Crippen molar-refractivity contribution >= 4 is 23.5 Å². The Kier molecular flexibility index (Phi) is 4.31. The number of nitrogens with two attached hydrogens (primary N) is 1. The van der Waals surface area contributed by atoms with Crippen molar-refractivity contribution in [3.63, 3.8) is 0 Å². The van der Waals surface area contributed by atoms with Crippen molar-refractivity contribution < 1.29 is 9.26 Å². The van der Waals surface area contributed by atoms with Crippen molar-refractivity contribution in [2.24, 2.45) is 5.73 Å². The minimum absolute atomic E-state index is 0.312. The molecule has 112 valence electrons. The molecule has 2 N–H and O–H groups in total. The van der Waals surface area contributed by atoms with E-state index in [9.17, 15) is 0 Å². The Hall–Kier alpha value is -0.240. The molecule has 3 rings (SSSR count). The van der Waals surface area contributed by atoms with Crippen molar-refractivity contribution in [1.82, 2.24) is 10.1 Å². The molecule has 20 heavy (non-hydrogen) atoms. The Labute approximate surface area is 127 Å². The lowest BCUT2D eigenvalue weighted by Crippen LogP contribution is -2.42. The summed E-state index contributed by atoms with van der Waals surface area (Å²) >= 11 is 3.91. The van der Waals surface area contributed by atoms with Crippen LogP contribution in [0.5, 0.6) is 0 Å². The molecule has 0 spiro atoms. The van der Waals surface area contributed by atoms with E-state index in [-0.39, 0.29) is 0 Å². The molecule has 0 amide bonds. The average molecular weight is 315 g/mol. The van der Waals surface area contributed by atoms with Crippen LogP contribution < -0.4 is 5.73 Å². The molecule has 1 aromatic rings. The van der Waals surface area contributed by atoms with Gasteiger partial charge in [0.15, 0.2) is 5.82 Å². The van der Waals surface area contributed by atoms with E-state index in [2.05, 4.69) is 24.0 Å². The summed E-state index contributed by atoms with van der Waals surface area (Å²) in [7, 11) is 0. The van der Waals surface area contributed by atoms with Crippen molar-refractivity contribution in [3.05, 3.63) is 11.7 Å². The summed E-state index contributed by atoms with van der Waals surface area (Å²) in [6.07, 6.45) is 1.49. The predicted octanol–water partition coefficient (Wildman–Crippen LogP) is 2.33. The van der Waals surface area contributed by atoms with Gasteiger partial charge in [-0.25, -0.2) is 0 Å². The molecular formula is C13H21N3O2S2. The van der Waals surface area contributed by atoms with Crippen molar-refractivity contribution in [2.75, 3.05) is 19.0 Å². The summed E-state index contributed by atoms with van der Waals surface area (Å²) in [6, 6.07) is 0. The smallest absolute Gasteiger partial charge is 0.246 e. The fraction of sp³-hybridized carbons (Fsp3) is 0.846. The molecule has 2 aliphatic heterocycles. The van der Waals surface area contributed by atoms with Crippen LogP contribution in [-0.4, -0.2) is 39.6 Å². The van der Waals surface area contributed by atoms with Crippen LogP contribution in [0, 0.1) is 0 Å². The number of rotatable bonds is 2. The Bertz CT molecular complexity index is 462. The van der Waals surface area contributed by atoms with E-state index in [0.29, 0.717) is 34.9 Å². The van der Waals surface area contributed by atoms with Gasteiger partial charge in [0.05, 0.1) is 5.25 Å². The topological polar surface area (TPSA) is 74.2 Å². The molecule has 7 heteroatoms. The van der Waals surface area contributed by atoms with Crippen molar-refractivity contribution in [1.29, 1.82) is 0 Å². The van der Waals surface area contributed by atoms with Gasteiger partial charge in [-0.05, 0) is 12.8 Å². The molecule has 2 aliphatic rings. The van der Waals surface area contributed by atoms with Crippen LogP contribution in [0.4, 0.5) is 0 Å². The van der Waals surface area contributed by atoms with Crippen LogP contribution >= 0.6 is 23.5 Å². The lowest BCUT2D eigenvalue weighted by atomic mass is 9.91. The molecule has 0 saturated carbocycles. The maximum atomic E-state index is 6.38. The van der Waals surface area contributed by atoms with Gasteiger partial charge in [0.1, 0.15) is 5.54 Å². The molecule has 3 unspecified atom stereocenters. The number of ether oxygens (including phenoxy) is 1. The number of hydrogen-bond donors (Lipinski definition) is 1. The van der Waals surface area contributed by atoms with E-state index < -0.39 is 5.54 Å². The van der Waals surface area contributed by atoms with E-state index >= 15 is 0 Å². The van der Waals surface area contributed by atoms with Crippen molar-refractivity contribution in [3.8, 4) is 0 Å². The molecule has 0 aliphatic carbocycles. The Morgan fingerprint density at radius 2 is 2.00 bits per heavy atom. The van der Waals surface area contributed by atoms with Gasteiger partial charge in [0, 0.05) is 29.5 Å². The quantitative estimate of drug-likeness (QED) is 0.897. The lowest BCUT2D eigenvalue weighted by Gasteiger charge is -2.30. The molecule has 0 radical (unpaired) electrons. The van der Waals surface area contributed by atoms with Gasteiger partial charge in [0.2, 0.25) is 5.89 Å². The SMILES string of the molecule is CC1SCC(c2noc(C3(N)CCOCC3)n2)SC1C. The van der Waals surface area contributed by atoms with E-state index in [1.807, 2.05) is 23.5 Å². The maximum Gasteiger partial charge on any atom is 0.246 e. The largest absolute Gasteiger partial charge is 0.381 e. The summed E-state index contributed by atoms with van der Waals surface area (Å²) in [5, 5.41) is 5.78. The monoisotopic (exact) mass is 315 g/mol. The fourth-order valence-electron chi connectivity index (χ4n) is 2.44. The Morgan fingerprint density at radius 1 is 1.25 bits per heavy atom. The first-order valence-corrected chi connectivity index (χ1v) is 9.05. The van der Waals surface area contributed by atoms with Gasteiger partial charge in [-0.2, -0.15) is 16.7 Å². The second-order valence-electron chi connectivity index (χ2n) is 5.59. The second kappa shape index (κ2) is 5.87. The molecule has 1 aromatic heterocycles. The molecule has 2 saturated heterocycles. The average Bonchev–Trinajstić information content (AvgIpc) is 2.93. The zero-order chi connectivity index (χ0) is 14.2. The first-order chi connectivity index (χ1) is 9.58. The van der Waals surface area contributed by atoms with E-state index in [4.69, 9.17) is 15.0 Å². The highest BCUT2D eigenvalue weighted by Crippen LogP contribution is 2.43. The minimum Gasteiger partial charge on any atom is -0.381 e. The van der Waals surface area contributed by atoms with E-state index in [1.165, 1.54) is 0 Å². The van der Waals surface area contributed by atoms with Crippen LogP contribution in [0.2, 0.25) is 0 Å². The fourth-order valence-corrected chi connectivity index (χ4v) is 5.27. The second-order valence-corrected chi connectivity index (χ2v) is 8.59. The number of hydrogen-bond acceptors (Lipinski definition) is 7. The lowest BCUT2D eigenvalue weighted by molar-refractivity contribution is 0.0400. The van der Waals surface area contributed by atoms with Crippen LogP contribution in [0.1, 0.15) is 43.7 Å². The maximum absolute atomic E-state index is 6.38. The molecule has 2 fully saturated rings. The molecule has 0 bridgehead atoms. The molecule has 3 atom stereocenters. The van der Waals surface area contributed by atoms with Crippen molar-refractivity contribution in [2.45, 2.75) is 48.0 Å². The zero-order valence-corrected chi connectivity index (χ0v) is 13.5. The standard InChI is InChI=1S/C13H21N3O2S2/c1-8-9(2)20-10(7-19-8)11-15-12(18-16-11)13(14)3-5-17-6-4-13/h8-10H,3-7,14H2,1-2H3. The van der Waals surface area contributed by atoms with E-state index in [0.717, 1.165) is 24.4 Å². The number of thioether (sulfide) groups is 2. The normalized spacial score (nSPS) is 34.0. The highest BCUT2D eigenvalue weighted by molar-refractivity contribution is 8.07. The van der Waals surface area contributed by atoms with Crippen LogP contribution in [0.15, 0.2) is 4.52 Å². The third-order valence-electron chi connectivity index (χ3n) is 4.09. The first kappa shape index (κ1) is 14.7. The van der Waals surface area contributed by atoms with Gasteiger partial charge in [0.25, 0.3) is 0 Å². The number of nitrogens with zero attached hydrogens (tertiary/aromatic N) is 2. The van der Waals surface area contributed by atoms with E-state index in [1.54, 1.807) is 0 Å². The molecule has 3 heterocycles. The third kappa shape index (κ3) is 2.86. The summed E-state index contributed by atoms with van der Waals surface area (Å²) in [5.41, 5.74) is 5.88. The number of aromatic nitrogens is 2. The van der Waals surface area contributed by atoms with Crippen LogP contribution in [0.25, 0.3) is 0 Å². The van der Waals surface area contributed by atoms with Gasteiger partial charge in [-0.1, -0.05) is 19.0 Å². The van der Waals surface area contributed by atoms with Gasteiger partial charge in [-0.3, -0.25) is 0 Å². The summed E-state index contributed by atoms with van der Waals surface area (Å²) < 4.78 is 10.8. The van der Waals surface area contributed by atoms with Gasteiger partial charge >= 0.3 is 0 Å². The molecular weight excluding hydrogens is 294 g/mol. The summed E-state index contributed by atoms with van der Waals surface area (Å²) in [5.74, 6) is 2.41. The molecule has 5 nitrogen and oxygen atoms in total. The highest BCUT2D eigenvalue weighted by Gasteiger charge is 2.37. The predicted molar refractivity (Wildman–Crippen MR) is 81.9 cm³/mol.